The second-order valence-corrected chi connectivity index (χ2v) is 2.35. The van der Waals surface area contributed by atoms with Crippen LogP contribution in [0, 0.1) is 0 Å². The van der Waals surface area contributed by atoms with Gasteiger partial charge in [0.25, 0.3) is 5.91 Å². The average Bonchev–Trinajstić information content (AvgIpc) is 2.75. The summed E-state index contributed by atoms with van der Waals surface area (Å²) in [5.41, 5.74) is 4.97. The highest BCUT2D eigenvalue weighted by atomic mass is 16.3. The van der Waals surface area contributed by atoms with E-state index in [1.165, 1.54) is 6.26 Å². The van der Waals surface area contributed by atoms with Crippen LogP contribution in [0.1, 0.15) is 10.6 Å². The van der Waals surface area contributed by atoms with Gasteiger partial charge >= 0.3 is 0 Å². The van der Waals surface area contributed by atoms with Gasteiger partial charge in [-0.05, 0) is 12.1 Å². The van der Waals surface area contributed by atoms with Crippen molar-refractivity contribution in [3.63, 3.8) is 0 Å². The lowest BCUT2D eigenvalue weighted by Gasteiger charge is -1.84. The topological polar surface area (TPSA) is 97.8 Å². The summed E-state index contributed by atoms with van der Waals surface area (Å²) in [7, 11) is 0. The molecule has 6 heteroatoms. The number of carbonyl (C=O) groups excluding carboxylic acids is 1. The van der Waals surface area contributed by atoms with Crippen LogP contribution in [0.4, 0.5) is 0 Å². The molecule has 2 rings (SSSR count). The maximum absolute atomic E-state index is 10.6. The molecule has 0 saturated carbocycles. The highest BCUT2D eigenvalue weighted by molar-refractivity contribution is 5.89. The molecule has 2 aromatic heterocycles. The fourth-order valence-corrected chi connectivity index (χ4v) is 0.895. The van der Waals surface area contributed by atoms with Gasteiger partial charge in [-0.2, -0.15) is 4.98 Å². The van der Waals surface area contributed by atoms with Gasteiger partial charge in [-0.15, -0.1) is 5.10 Å². The Bertz CT molecular complexity index is 417. The number of aromatic amines is 1. The Kier molecular flexibility index (Phi) is 1.59. The molecule has 0 aliphatic rings. The molecule has 0 radical (unpaired) electrons. The summed E-state index contributed by atoms with van der Waals surface area (Å²) < 4.78 is 5.03. The molecule has 0 aromatic carbocycles. The van der Waals surface area contributed by atoms with Crippen LogP contribution in [0.25, 0.3) is 11.6 Å². The van der Waals surface area contributed by atoms with Crippen LogP contribution in [0.5, 0.6) is 0 Å². The number of carbonyl (C=O) groups is 1. The maximum atomic E-state index is 10.6. The van der Waals surface area contributed by atoms with Crippen LogP contribution in [0.3, 0.4) is 0 Å². The van der Waals surface area contributed by atoms with Crippen LogP contribution in [-0.2, 0) is 0 Å². The SMILES string of the molecule is NC(=O)c1n[nH]c(-c2ccco2)n1. The van der Waals surface area contributed by atoms with Crippen LogP contribution in [0.15, 0.2) is 22.8 Å². The van der Waals surface area contributed by atoms with E-state index in [-0.39, 0.29) is 5.82 Å². The minimum absolute atomic E-state index is 0.0496. The normalized spacial score (nSPS) is 10.2. The third-order valence-electron chi connectivity index (χ3n) is 1.46. The molecule has 0 unspecified atom stereocenters. The number of hydrogen-bond acceptors (Lipinski definition) is 4. The van der Waals surface area contributed by atoms with Crippen molar-refractivity contribution < 1.29 is 9.21 Å². The Morgan fingerprint density at radius 2 is 2.46 bits per heavy atom. The number of nitrogens with one attached hydrogen (secondary N) is 1. The minimum atomic E-state index is -0.672. The van der Waals surface area contributed by atoms with Crippen molar-refractivity contribution in [1.82, 2.24) is 15.2 Å². The van der Waals surface area contributed by atoms with Gasteiger partial charge in [-0.1, -0.05) is 0 Å². The van der Waals surface area contributed by atoms with E-state index >= 15 is 0 Å². The number of amides is 1. The minimum Gasteiger partial charge on any atom is -0.461 e. The standard InChI is InChI=1S/C7H6N4O2/c8-5(12)7-9-6(10-11-7)4-2-1-3-13-4/h1-3H,(H2,8,12)(H,9,10,11). The first-order valence-corrected chi connectivity index (χ1v) is 3.53. The number of H-pyrrole nitrogens is 1. The number of primary amides is 1. The quantitative estimate of drug-likeness (QED) is 0.684. The second-order valence-electron chi connectivity index (χ2n) is 2.35. The fourth-order valence-electron chi connectivity index (χ4n) is 0.895. The van der Waals surface area contributed by atoms with E-state index in [0.717, 1.165) is 0 Å². The molecule has 0 spiro atoms. The largest absolute Gasteiger partial charge is 0.461 e. The van der Waals surface area contributed by atoms with Crippen molar-refractivity contribution in [2.24, 2.45) is 5.73 Å². The molecule has 0 aliphatic heterocycles. The molecule has 0 saturated heterocycles. The molecule has 0 bridgehead atoms. The van der Waals surface area contributed by atoms with Crippen molar-refractivity contribution in [3.05, 3.63) is 24.2 Å². The van der Waals surface area contributed by atoms with Crippen molar-refractivity contribution in [2.75, 3.05) is 0 Å². The predicted octanol–water partition coefficient (Wildman–Crippen LogP) is 0.164. The van der Waals surface area contributed by atoms with Gasteiger partial charge in [0, 0.05) is 0 Å². The monoisotopic (exact) mass is 178 g/mol. The summed E-state index contributed by atoms with van der Waals surface area (Å²) >= 11 is 0. The van der Waals surface area contributed by atoms with Crippen molar-refractivity contribution in [3.8, 4) is 11.6 Å². The summed E-state index contributed by atoms with van der Waals surface area (Å²) in [5.74, 6) is 0.180. The number of nitrogens with two attached hydrogens (primary N) is 1. The second kappa shape index (κ2) is 2.74. The van der Waals surface area contributed by atoms with Crippen LogP contribution < -0.4 is 5.73 Å². The lowest BCUT2D eigenvalue weighted by molar-refractivity contribution is 0.0991. The molecule has 0 fully saturated rings. The summed E-state index contributed by atoms with van der Waals surface area (Å²) in [6.07, 6.45) is 1.50. The molecule has 66 valence electrons. The number of hydrogen-bond donors (Lipinski definition) is 2. The molecule has 1 amide bonds. The van der Waals surface area contributed by atoms with Gasteiger partial charge in [0.15, 0.2) is 11.6 Å². The van der Waals surface area contributed by atoms with E-state index in [9.17, 15) is 4.79 Å². The van der Waals surface area contributed by atoms with Crippen LogP contribution in [0.2, 0.25) is 0 Å². The highest BCUT2D eigenvalue weighted by Gasteiger charge is 2.10. The van der Waals surface area contributed by atoms with E-state index in [0.29, 0.717) is 11.6 Å². The first kappa shape index (κ1) is 7.53. The van der Waals surface area contributed by atoms with Gasteiger partial charge in [0.2, 0.25) is 5.82 Å². The van der Waals surface area contributed by atoms with E-state index in [4.69, 9.17) is 10.2 Å². The molecular formula is C7H6N4O2. The molecular weight excluding hydrogens is 172 g/mol. The van der Waals surface area contributed by atoms with E-state index in [1.807, 2.05) is 0 Å². The van der Waals surface area contributed by atoms with Gasteiger partial charge < -0.3 is 10.2 Å². The third kappa shape index (κ3) is 1.28. The Balaban J connectivity index is 2.39. The maximum Gasteiger partial charge on any atom is 0.288 e. The zero-order valence-corrected chi connectivity index (χ0v) is 6.52. The zero-order valence-electron chi connectivity index (χ0n) is 6.52. The Hall–Kier alpha value is -2.11. The average molecular weight is 178 g/mol. The predicted molar refractivity (Wildman–Crippen MR) is 42.6 cm³/mol. The smallest absolute Gasteiger partial charge is 0.288 e. The summed E-state index contributed by atoms with van der Waals surface area (Å²) in [4.78, 5) is 14.4. The van der Waals surface area contributed by atoms with Crippen molar-refractivity contribution >= 4 is 5.91 Å². The Morgan fingerprint density at radius 3 is 3.00 bits per heavy atom. The Labute approximate surface area is 72.8 Å². The lowest BCUT2D eigenvalue weighted by Crippen LogP contribution is -2.12. The van der Waals surface area contributed by atoms with Crippen LogP contribution in [-0.4, -0.2) is 21.1 Å². The molecule has 3 N–H and O–H groups in total. The molecule has 13 heavy (non-hydrogen) atoms. The third-order valence-corrected chi connectivity index (χ3v) is 1.46. The Morgan fingerprint density at radius 1 is 1.62 bits per heavy atom. The van der Waals surface area contributed by atoms with Gasteiger partial charge in [0.1, 0.15) is 0 Å². The van der Waals surface area contributed by atoms with Gasteiger partial charge in [0.05, 0.1) is 6.26 Å². The summed E-state index contributed by atoms with van der Waals surface area (Å²) in [6, 6.07) is 3.41. The van der Waals surface area contributed by atoms with E-state index in [1.54, 1.807) is 12.1 Å². The first-order chi connectivity index (χ1) is 6.27. The number of furan rings is 1. The van der Waals surface area contributed by atoms with Crippen molar-refractivity contribution in [1.29, 1.82) is 0 Å². The molecule has 2 heterocycles. The van der Waals surface area contributed by atoms with Crippen LogP contribution >= 0.6 is 0 Å². The number of aromatic nitrogens is 3. The molecule has 2 aromatic rings. The number of rotatable bonds is 2. The van der Waals surface area contributed by atoms with Crippen molar-refractivity contribution in [2.45, 2.75) is 0 Å². The molecule has 0 aliphatic carbocycles. The van der Waals surface area contributed by atoms with E-state index in [2.05, 4.69) is 15.2 Å². The van der Waals surface area contributed by atoms with Gasteiger partial charge in [-0.3, -0.25) is 9.89 Å². The first-order valence-electron chi connectivity index (χ1n) is 3.53. The van der Waals surface area contributed by atoms with E-state index < -0.39 is 5.91 Å². The summed E-state index contributed by atoms with van der Waals surface area (Å²) in [5, 5.41) is 6.13. The zero-order chi connectivity index (χ0) is 9.26. The molecule has 0 atom stereocenters. The highest BCUT2D eigenvalue weighted by Crippen LogP contribution is 2.13. The number of nitrogens with zero attached hydrogens (tertiary/aromatic N) is 2. The summed E-state index contributed by atoms with van der Waals surface area (Å²) in [6.45, 7) is 0. The molecule has 6 nitrogen and oxygen atoms in total. The lowest BCUT2D eigenvalue weighted by atomic mass is 10.4. The van der Waals surface area contributed by atoms with Gasteiger partial charge in [-0.25, -0.2) is 0 Å². The fraction of sp³-hybridized carbons (Fsp3) is 0.